The molecule has 0 atom stereocenters. The Hall–Kier alpha value is -1.44. The molecule has 6 nitrogen and oxygen atoms in total. The Kier molecular flexibility index (Phi) is 7.50. The van der Waals surface area contributed by atoms with Crippen LogP contribution in [-0.2, 0) is 10.0 Å². The fraction of sp³-hybridized carbons (Fsp3) is 0.533. The molecule has 1 amide bonds. The molecule has 0 heterocycles. The maximum atomic E-state index is 12.2. The van der Waals surface area contributed by atoms with Crippen LogP contribution in [0.3, 0.4) is 0 Å². The first-order chi connectivity index (χ1) is 10.5. The lowest BCUT2D eigenvalue weighted by Crippen LogP contribution is -2.30. The lowest BCUT2D eigenvalue weighted by atomic mass is 10.2. The second kappa shape index (κ2) is 8.87. The van der Waals surface area contributed by atoms with Gasteiger partial charge in [-0.2, -0.15) is 0 Å². The number of unbranched alkanes of at least 4 members (excludes halogenated alkanes) is 1. The van der Waals surface area contributed by atoms with Gasteiger partial charge < -0.3 is 10.6 Å². The Morgan fingerprint density at radius 2 is 1.73 bits per heavy atom. The zero-order chi connectivity index (χ0) is 16.6. The SMILES string of the molecule is CCN(CC)C(=O)c1ccc(S(=O)(=O)NCCCCN)cc1. The van der Waals surface area contributed by atoms with Crippen molar-refractivity contribution in [2.75, 3.05) is 26.2 Å². The summed E-state index contributed by atoms with van der Waals surface area (Å²) in [6.45, 7) is 5.97. The van der Waals surface area contributed by atoms with E-state index in [1.807, 2.05) is 13.8 Å². The summed E-state index contributed by atoms with van der Waals surface area (Å²) < 4.78 is 26.7. The van der Waals surface area contributed by atoms with Crippen molar-refractivity contribution in [1.82, 2.24) is 9.62 Å². The minimum Gasteiger partial charge on any atom is -0.339 e. The number of carbonyl (C=O) groups is 1. The van der Waals surface area contributed by atoms with Crippen molar-refractivity contribution >= 4 is 15.9 Å². The maximum absolute atomic E-state index is 12.2. The first kappa shape index (κ1) is 18.6. The molecule has 1 rings (SSSR count). The second-order valence-electron chi connectivity index (χ2n) is 4.90. The first-order valence-electron chi connectivity index (χ1n) is 7.55. The molecule has 3 N–H and O–H groups in total. The predicted octanol–water partition coefficient (Wildman–Crippen LogP) is 1.19. The Balaban J connectivity index is 2.77. The highest BCUT2D eigenvalue weighted by Crippen LogP contribution is 2.12. The van der Waals surface area contributed by atoms with Crippen molar-refractivity contribution in [1.29, 1.82) is 0 Å². The summed E-state index contributed by atoms with van der Waals surface area (Å²) >= 11 is 0. The highest BCUT2D eigenvalue weighted by atomic mass is 32.2. The number of hydrogen-bond donors (Lipinski definition) is 2. The predicted molar refractivity (Wildman–Crippen MR) is 87.2 cm³/mol. The molecule has 7 heteroatoms. The van der Waals surface area contributed by atoms with Gasteiger partial charge in [-0.25, -0.2) is 13.1 Å². The number of nitrogens with two attached hydrogens (primary N) is 1. The molecule has 0 fully saturated rings. The monoisotopic (exact) mass is 327 g/mol. The summed E-state index contributed by atoms with van der Waals surface area (Å²) in [5.74, 6) is -0.0927. The van der Waals surface area contributed by atoms with E-state index in [4.69, 9.17) is 5.73 Å². The molecule has 0 aliphatic heterocycles. The van der Waals surface area contributed by atoms with E-state index in [-0.39, 0.29) is 10.8 Å². The molecular weight excluding hydrogens is 302 g/mol. The number of benzene rings is 1. The van der Waals surface area contributed by atoms with Gasteiger partial charge in [0.25, 0.3) is 5.91 Å². The third-order valence-corrected chi connectivity index (χ3v) is 4.86. The number of sulfonamides is 1. The van der Waals surface area contributed by atoms with E-state index in [1.54, 1.807) is 17.0 Å². The molecule has 0 unspecified atom stereocenters. The fourth-order valence-corrected chi connectivity index (χ4v) is 3.10. The van der Waals surface area contributed by atoms with E-state index in [1.165, 1.54) is 12.1 Å². The van der Waals surface area contributed by atoms with Crippen LogP contribution in [0.4, 0.5) is 0 Å². The molecule has 0 aromatic heterocycles. The number of nitrogens with one attached hydrogen (secondary N) is 1. The highest BCUT2D eigenvalue weighted by molar-refractivity contribution is 7.89. The molecular formula is C15H25N3O3S. The van der Waals surface area contributed by atoms with Gasteiger partial charge in [-0.3, -0.25) is 4.79 Å². The molecule has 0 spiro atoms. The van der Waals surface area contributed by atoms with Crippen molar-refractivity contribution in [3.05, 3.63) is 29.8 Å². The van der Waals surface area contributed by atoms with Gasteiger partial charge in [-0.15, -0.1) is 0 Å². The summed E-state index contributed by atoms with van der Waals surface area (Å²) in [6, 6.07) is 6.02. The minimum atomic E-state index is -3.53. The summed E-state index contributed by atoms with van der Waals surface area (Å²) in [5, 5.41) is 0. The van der Waals surface area contributed by atoms with Crippen LogP contribution in [0.5, 0.6) is 0 Å². The Bertz CT molecular complexity index is 566. The quantitative estimate of drug-likeness (QED) is 0.666. The van der Waals surface area contributed by atoms with Crippen LogP contribution in [0.2, 0.25) is 0 Å². The number of rotatable bonds is 9. The number of hydrogen-bond acceptors (Lipinski definition) is 4. The molecule has 0 saturated carbocycles. The van der Waals surface area contributed by atoms with Gasteiger partial charge in [-0.1, -0.05) is 0 Å². The lowest BCUT2D eigenvalue weighted by Gasteiger charge is -2.18. The highest BCUT2D eigenvalue weighted by Gasteiger charge is 2.16. The topological polar surface area (TPSA) is 92.5 Å². The van der Waals surface area contributed by atoms with Gasteiger partial charge in [0.05, 0.1) is 4.90 Å². The van der Waals surface area contributed by atoms with Gasteiger partial charge in [0.2, 0.25) is 10.0 Å². The van der Waals surface area contributed by atoms with Crippen molar-refractivity contribution < 1.29 is 13.2 Å². The Morgan fingerprint density at radius 1 is 1.14 bits per heavy atom. The van der Waals surface area contributed by atoms with Crippen molar-refractivity contribution in [3.8, 4) is 0 Å². The maximum Gasteiger partial charge on any atom is 0.253 e. The van der Waals surface area contributed by atoms with Crippen LogP contribution >= 0.6 is 0 Å². The third kappa shape index (κ3) is 5.08. The van der Waals surface area contributed by atoms with E-state index in [0.29, 0.717) is 38.2 Å². The average molecular weight is 327 g/mol. The molecule has 0 saturated heterocycles. The molecule has 0 aliphatic rings. The number of amides is 1. The second-order valence-corrected chi connectivity index (χ2v) is 6.66. The van der Waals surface area contributed by atoms with E-state index >= 15 is 0 Å². The van der Waals surface area contributed by atoms with Crippen LogP contribution in [0.15, 0.2) is 29.2 Å². The first-order valence-corrected chi connectivity index (χ1v) is 9.03. The van der Waals surface area contributed by atoms with E-state index in [0.717, 1.165) is 6.42 Å². The van der Waals surface area contributed by atoms with Crippen molar-refractivity contribution in [3.63, 3.8) is 0 Å². The summed E-state index contributed by atoms with van der Waals surface area (Å²) in [6.07, 6.45) is 1.48. The molecule has 1 aromatic carbocycles. The normalized spacial score (nSPS) is 11.4. The van der Waals surface area contributed by atoms with Crippen LogP contribution in [-0.4, -0.2) is 45.4 Å². The van der Waals surface area contributed by atoms with Crippen LogP contribution < -0.4 is 10.5 Å². The van der Waals surface area contributed by atoms with Gasteiger partial charge in [0.15, 0.2) is 0 Å². The molecule has 0 bridgehead atoms. The van der Waals surface area contributed by atoms with Gasteiger partial charge in [0.1, 0.15) is 0 Å². The molecule has 0 aliphatic carbocycles. The van der Waals surface area contributed by atoms with Crippen LogP contribution in [0.25, 0.3) is 0 Å². The summed E-state index contributed by atoms with van der Waals surface area (Å²) in [4.78, 5) is 14.0. The summed E-state index contributed by atoms with van der Waals surface area (Å²) in [5.41, 5.74) is 5.86. The van der Waals surface area contributed by atoms with Crippen molar-refractivity contribution in [2.24, 2.45) is 5.73 Å². The van der Waals surface area contributed by atoms with Gasteiger partial charge in [0, 0.05) is 25.2 Å². The largest absolute Gasteiger partial charge is 0.339 e. The Morgan fingerprint density at radius 3 is 2.23 bits per heavy atom. The third-order valence-electron chi connectivity index (χ3n) is 3.39. The fourth-order valence-electron chi connectivity index (χ4n) is 2.03. The van der Waals surface area contributed by atoms with Crippen molar-refractivity contribution in [2.45, 2.75) is 31.6 Å². The number of nitrogens with zero attached hydrogens (tertiary/aromatic N) is 1. The smallest absolute Gasteiger partial charge is 0.253 e. The van der Waals surface area contributed by atoms with Gasteiger partial charge >= 0.3 is 0 Å². The molecule has 1 aromatic rings. The zero-order valence-electron chi connectivity index (χ0n) is 13.2. The lowest BCUT2D eigenvalue weighted by molar-refractivity contribution is 0.0773. The van der Waals surface area contributed by atoms with Gasteiger partial charge in [-0.05, 0) is 57.5 Å². The molecule has 22 heavy (non-hydrogen) atoms. The van der Waals surface area contributed by atoms with Crippen LogP contribution in [0, 0.1) is 0 Å². The zero-order valence-corrected chi connectivity index (χ0v) is 14.0. The molecule has 124 valence electrons. The Labute approximate surface area is 132 Å². The van der Waals surface area contributed by atoms with E-state index < -0.39 is 10.0 Å². The minimum absolute atomic E-state index is 0.0927. The number of carbonyl (C=O) groups excluding carboxylic acids is 1. The standard InChI is InChI=1S/C15H25N3O3S/c1-3-18(4-2)15(19)13-7-9-14(10-8-13)22(20,21)17-12-6-5-11-16/h7-10,17H,3-6,11-12,16H2,1-2H3. The van der Waals surface area contributed by atoms with Crippen LogP contribution in [0.1, 0.15) is 37.0 Å². The molecule has 0 radical (unpaired) electrons. The summed E-state index contributed by atoms with van der Waals surface area (Å²) in [7, 11) is -3.53. The van der Waals surface area contributed by atoms with E-state index in [9.17, 15) is 13.2 Å². The van der Waals surface area contributed by atoms with E-state index in [2.05, 4.69) is 4.72 Å². The average Bonchev–Trinajstić information content (AvgIpc) is 2.53.